The van der Waals surface area contributed by atoms with E-state index in [2.05, 4.69) is 17.1 Å². The Balaban J connectivity index is 2.15. The van der Waals surface area contributed by atoms with Gasteiger partial charge in [0.15, 0.2) is 0 Å². The second kappa shape index (κ2) is 7.52. The van der Waals surface area contributed by atoms with Gasteiger partial charge in [0, 0.05) is 23.7 Å². The largest absolute Gasteiger partial charge is 0.366 e. The van der Waals surface area contributed by atoms with Crippen LogP contribution < -0.4 is 11.1 Å². The molecular weight excluding hydrogens is 269 g/mol. The number of carbonyl (C=O) groups excluding carboxylic acids is 1. The molecule has 0 bridgehead atoms. The summed E-state index contributed by atoms with van der Waals surface area (Å²) in [5.74, 6) is -0.782. The maximum atomic E-state index is 14.0. The minimum Gasteiger partial charge on any atom is -0.366 e. The Bertz CT molecular complexity index is 486. The number of piperidine rings is 1. The molecule has 1 aliphatic rings. The maximum Gasteiger partial charge on any atom is 0.248 e. The summed E-state index contributed by atoms with van der Waals surface area (Å²) < 4.78 is 14.0. The van der Waals surface area contributed by atoms with Gasteiger partial charge in [-0.25, -0.2) is 4.39 Å². The first-order valence-corrected chi connectivity index (χ1v) is 7.64. The predicted molar refractivity (Wildman–Crippen MR) is 81.5 cm³/mol. The van der Waals surface area contributed by atoms with Gasteiger partial charge in [0.05, 0.1) is 0 Å². The highest BCUT2D eigenvalue weighted by Gasteiger charge is 2.21. The molecule has 0 atom stereocenters. The normalized spacial score (nSPS) is 16.3. The minimum atomic E-state index is -0.514. The van der Waals surface area contributed by atoms with Crippen LogP contribution in [0.4, 0.5) is 4.39 Å². The van der Waals surface area contributed by atoms with E-state index in [4.69, 9.17) is 5.73 Å². The molecule has 3 N–H and O–H groups in total. The lowest BCUT2D eigenvalue weighted by Crippen LogP contribution is -2.43. The molecular formula is C16H24FN3O. The van der Waals surface area contributed by atoms with Crippen LogP contribution in [0.5, 0.6) is 0 Å². The van der Waals surface area contributed by atoms with Gasteiger partial charge in [-0.15, -0.1) is 0 Å². The molecule has 21 heavy (non-hydrogen) atoms. The van der Waals surface area contributed by atoms with Crippen molar-refractivity contribution < 1.29 is 9.18 Å². The molecule has 1 saturated heterocycles. The van der Waals surface area contributed by atoms with E-state index in [-0.39, 0.29) is 5.82 Å². The van der Waals surface area contributed by atoms with Crippen molar-refractivity contribution in [2.24, 2.45) is 5.73 Å². The standard InChI is InChI=1S/C16H24FN3O/c1-2-9-20(14-5-7-19-8-6-14)11-13-10-12(16(18)21)3-4-15(13)17/h3-4,10,14,19H,2,5-9,11H2,1H3,(H2,18,21). The number of halogens is 1. The molecule has 1 fully saturated rings. The average molecular weight is 293 g/mol. The number of nitrogens with one attached hydrogen (secondary N) is 1. The summed E-state index contributed by atoms with van der Waals surface area (Å²) in [7, 11) is 0. The SMILES string of the molecule is CCCN(Cc1cc(C(N)=O)ccc1F)C1CCNCC1. The fourth-order valence-corrected chi connectivity index (χ4v) is 2.92. The van der Waals surface area contributed by atoms with E-state index < -0.39 is 5.91 Å². The number of amides is 1. The zero-order chi connectivity index (χ0) is 15.2. The molecule has 4 nitrogen and oxygen atoms in total. The van der Waals surface area contributed by atoms with Crippen molar-refractivity contribution in [3.63, 3.8) is 0 Å². The summed E-state index contributed by atoms with van der Waals surface area (Å²) in [5.41, 5.74) is 6.20. The number of benzene rings is 1. The van der Waals surface area contributed by atoms with Crippen molar-refractivity contribution >= 4 is 5.91 Å². The molecule has 1 aromatic rings. The fraction of sp³-hybridized carbons (Fsp3) is 0.562. The van der Waals surface area contributed by atoms with Crippen molar-refractivity contribution in [1.29, 1.82) is 0 Å². The topological polar surface area (TPSA) is 58.4 Å². The third kappa shape index (κ3) is 4.25. The van der Waals surface area contributed by atoms with Crippen molar-refractivity contribution in [3.8, 4) is 0 Å². The summed E-state index contributed by atoms with van der Waals surface area (Å²) in [6.45, 7) is 5.62. The number of nitrogens with zero attached hydrogens (tertiary/aromatic N) is 1. The molecule has 0 unspecified atom stereocenters. The molecule has 0 aromatic heterocycles. The Morgan fingerprint density at radius 3 is 2.76 bits per heavy atom. The highest BCUT2D eigenvalue weighted by molar-refractivity contribution is 5.92. The molecule has 0 saturated carbocycles. The van der Waals surface area contributed by atoms with Crippen LogP contribution in [-0.4, -0.2) is 36.5 Å². The molecule has 0 radical (unpaired) electrons. The van der Waals surface area contributed by atoms with E-state index >= 15 is 0 Å². The van der Waals surface area contributed by atoms with Crippen LogP contribution in [0.25, 0.3) is 0 Å². The highest BCUT2D eigenvalue weighted by atomic mass is 19.1. The van der Waals surface area contributed by atoms with E-state index in [0.717, 1.165) is 38.9 Å². The van der Waals surface area contributed by atoms with Crippen LogP contribution in [-0.2, 0) is 6.54 Å². The number of hydrogen-bond acceptors (Lipinski definition) is 3. The molecule has 1 aliphatic heterocycles. The fourth-order valence-electron chi connectivity index (χ4n) is 2.92. The highest BCUT2D eigenvalue weighted by Crippen LogP contribution is 2.19. The molecule has 0 spiro atoms. The molecule has 5 heteroatoms. The second-order valence-electron chi connectivity index (χ2n) is 5.62. The molecule has 1 heterocycles. The molecule has 116 valence electrons. The smallest absolute Gasteiger partial charge is 0.248 e. The average Bonchev–Trinajstić information content (AvgIpc) is 2.49. The summed E-state index contributed by atoms with van der Waals surface area (Å²) in [6, 6.07) is 4.84. The van der Waals surface area contributed by atoms with Crippen molar-refractivity contribution in [3.05, 3.63) is 35.1 Å². The van der Waals surface area contributed by atoms with Gasteiger partial charge in [0.25, 0.3) is 0 Å². The lowest BCUT2D eigenvalue weighted by Gasteiger charge is -2.34. The first-order valence-electron chi connectivity index (χ1n) is 7.64. The van der Waals surface area contributed by atoms with E-state index in [1.807, 2.05) is 0 Å². The van der Waals surface area contributed by atoms with Crippen LogP contribution >= 0.6 is 0 Å². The summed E-state index contributed by atoms with van der Waals surface area (Å²) in [4.78, 5) is 13.6. The van der Waals surface area contributed by atoms with E-state index in [9.17, 15) is 9.18 Å². The summed E-state index contributed by atoms with van der Waals surface area (Å²) >= 11 is 0. The number of primary amides is 1. The van der Waals surface area contributed by atoms with Crippen LogP contribution in [0.3, 0.4) is 0 Å². The molecule has 1 aromatic carbocycles. The Kier molecular flexibility index (Phi) is 5.70. The molecule has 1 amide bonds. The zero-order valence-electron chi connectivity index (χ0n) is 12.6. The van der Waals surface area contributed by atoms with Gasteiger partial charge in [0.1, 0.15) is 5.82 Å². The van der Waals surface area contributed by atoms with Gasteiger partial charge >= 0.3 is 0 Å². The van der Waals surface area contributed by atoms with Gasteiger partial charge in [-0.3, -0.25) is 9.69 Å². The molecule has 2 rings (SSSR count). The zero-order valence-corrected chi connectivity index (χ0v) is 12.6. The van der Waals surface area contributed by atoms with Gasteiger partial charge < -0.3 is 11.1 Å². The van der Waals surface area contributed by atoms with E-state index in [1.165, 1.54) is 12.1 Å². The Labute approximate surface area is 125 Å². The van der Waals surface area contributed by atoms with Crippen molar-refractivity contribution in [1.82, 2.24) is 10.2 Å². The third-order valence-electron chi connectivity index (χ3n) is 4.04. The third-order valence-corrected chi connectivity index (χ3v) is 4.04. The predicted octanol–water partition coefficient (Wildman–Crippen LogP) is 1.89. The van der Waals surface area contributed by atoms with Crippen molar-refractivity contribution in [2.45, 2.75) is 38.8 Å². The quantitative estimate of drug-likeness (QED) is 0.842. The Hall–Kier alpha value is -1.46. The number of rotatable bonds is 6. The van der Waals surface area contributed by atoms with Gasteiger partial charge in [0.2, 0.25) is 5.91 Å². The Morgan fingerprint density at radius 1 is 1.43 bits per heavy atom. The summed E-state index contributed by atoms with van der Waals surface area (Å²) in [5, 5.41) is 3.35. The van der Waals surface area contributed by atoms with Gasteiger partial charge in [-0.2, -0.15) is 0 Å². The number of nitrogens with two attached hydrogens (primary N) is 1. The van der Waals surface area contributed by atoms with Gasteiger partial charge in [-0.1, -0.05) is 6.92 Å². The number of hydrogen-bond donors (Lipinski definition) is 2. The van der Waals surface area contributed by atoms with Crippen LogP contribution in [0.15, 0.2) is 18.2 Å². The minimum absolute atomic E-state index is 0.268. The lowest BCUT2D eigenvalue weighted by atomic mass is 10.0. The Morgan fingerprint density at radius 2 is 2.14 bits per heavy atom. The van der Waals surface area contributed by atoms with E-state index in [1.54, 1.807) is 6.07 Å². The summed E-state index contributed by atoms with van der Waals surface area (Å²) in [6.07, 6.45) is 3.19. The first kappa shape index (κ1) is 15.9. The van der Waals surface area contributed by atoms with Gasteiger partial charge in [-0.05, 0) is 57.1 Å². The lowest BCUT2D eigenvalue weighted by molar-refractivity contribution is 0.1000. The monoisotopic (exact) mass is 293 g/mol. The second-order valence-corrected chi connectivity index (χ2v) is 5.62. The van der Waals surface area contributed by atoms with E-state index in [0.29, 0.717) is 23.7 Å². The maximum absolute atomic E-state index is 14.0. The van der Waals surface area contributed by atoms with Crippen LogP contribution in [0.1, 0.15) is 42.1 Å². The molecule has 0 aliphatic carbocycles. The number of carbonyl (C=O) groups is 1. The van der Waals surface area contributed by atoms with Crippen LogP contribution in [0, 0.1) is 5.82 Å². The van der Waals surface area contributed by atoms with Crippen molar-refractivity contribution in [2.75, 3.05) is 19.6 Å². The van der Waals surface area contributed by atoms with Crippen LogP contribution in [0.2, 0.25) is 0 Å². The first-order chi connectivity index (χ1) is 10.1.